The van der Waals surface area contributed by atoms with Crippen molar-refractivity contribution in [2.45, 2.75) is 12.3 Å². The van der Waals surface area contributed by atoms with Gasteiger partial charge in [0.1, 0.15) is 5.82 Å². The highest BCUT2D eigenvalue weighted by atomic mass is 19.1. The monoisotopic (exact) mass is 287 g/mol. The summed E-state index contributed by atoms with van der Waals surface area (Å²) in [5, 5.41) is 20.3. The fourth-order valence-electron chi connectivity index (χ4n) is 2.13. The number of carboxylic acids is 1. The van der Waals surface area contributed by atoms with Gasteiger partial charge >= 0.3 is 5.97 Å². The third-order valence-corrected chi connectivity index (χ3v) is 3.20. The lowest BCUT2D eigenvalue weighted by atomic mass is 9.93. The average Bonchev–Trinajstić information content (AvgIpc) is 2.48. The van der Waals surface area contributed by atoms with Crippen molar-refractivity contribution in [3.05, 3.63) is 59.9 Å². The predicted molar refractivity (Wildman–Crippen MR) is 77.1 cm³/mol. The summed E-state index contributed by atoms with van der Waals surface area (Å²) in [4.78, 5) is 11.2. The summed E-state index contributed by atoms with van der Waals surface area (Å²) in [6.07, 6.45) is 1.08. The van der Waals surface area contributed by atoms with Crippen LogP contribution in [-0.2, 0) is 4.79 Å². The summed E-state index contributed by atoms with van der Waals surface area (Å²) < 4.78 is 14.2. The first-order chi connectivity index (χ1) is 10.1. The summed E-state index contributed by atoms with van der Waals surface area (Å²) in [7, 11) is 0. The molecule has 1 unspecified atom stereocenters. The van der Waals surface area contributed by atoms with E-state index in [1.807, 2.05) is 6.07 Å². The maximum atomic E-state index is 14.2. The summed E-state index contributed by atoms with van der Waals surface area (Å²) in [5.74, 6) is -2.52. The van der Waals surface area contributed by atoms with Crippen molar-refractivity contribution < 1.29 is 19.5 Å². The minimum Gasteiger partial charge on any atom is -0.481 e. The van der Waals surface area contributed by atoms with Crippen LogP contribution in [0.3, 0.4) is 0 Å². The molecule has 0 saturated carbocycles. The minimum atomic E-state index is -1.10. The molecule has 2 N–H and O–H groups in total. The van der Waals surface area contributed by atoms with E-state index < -0.39 is 17.7 Å². The zero-order chi connectivity index (χ0) is 15.2. The van der Waals surface area contributed by atoms with E-state index in [0.717, 1.165) is 11.8 Å². The van der Waals surface area contributed by atoms with E-state index in [-0.39, 0.29) is 6.42 Å². The molecule has 2 aromatic rings. The molecular weight excluding hydrogens is 273 g/mol. The quantitative estimate of drug-likeness (QED) is 0.502. The molecule has 0 aliphatic carbocycles. The van der Waals surface area contributed by atoms with Gasteiger partial charge in [0.25, 0.3) is 0 Å². The van der Waals surface area contributed by atoms with Crippen LogP contribution in [0.25, 0.3) is 11.1 Å². The van der Waals surface area contributed by atoms with Gasteiger partial charge in [-0.1, -0.05) is 42.5 Å². The van der Waals surface area contributed by atoms with Gasteiger partial charge in [0.15, 0.2) is 0 Å². The van der Waals surface area contributed by atoms with Crippen LogP contribution < -0.4 is 0 Å². The van der Waals surface area contributed by atoms with Crippen molar-refractivity contribution in [3.63, 3.8) is 0 Å². The Hall–Kier alpha value is -2.69. The molecular formula is C16H14FNO3. The number of rotatable bonds is 5. The molecule has 1 atom stereocenters. The molecule has 0 saturated heterocycles. The highest BCUT2D eigenvalue weighted by molar-refractivity contribution is 5.80. The number of halogens is 1. The average molecular weight is 287 g/mol. The van der Waals surface area contributed by atoms with Gasteiger partial charge < -0.3 is 10.3 Å². The molecule has 0 bridgehead atoms. The zero-order valence-corrected chi connectivity index (χ0v) is 11.1. The molecule has 0 aliphatic rings. The van der Waals surface area contributed by atoms with Crippen LogP contribution in [0, 0.1) is 5.82 Å². The Labute approximate surface area is 121 Å². The first-order valence-electron chi connectivity index (χ1n) is 6.37. The first-order valence-corrected chi connectivity index (χ1v) is 6.37. The number of carbonyl (C=O) groups is 1. The maximum Gasteiger partial charge on any atom is 0.311 e. The minimum absolute atomic E-state index is 0.00401. The van der Waals surface area contributed by atoms with Gasteiger partial charge in [-0.25, -0.2) is 4.39 Å². The van der Waals surface area contributed by atoms with Gasteiger partial charge in [-0.2, -0.15) is 0 Å². The first kappa shape index (κ1) is 14.7. The van der Waals surface area contributed by atoms with Crippen LogP contribution >= 0.6 is 0 Å². The van der Waals surface area contributed by atoms with Crippen molar-refractivity contribution in [2.75, 3.05) is 0 Å². The Morgan fingerprint density at radius 1 is 1.24 bits per heavy atom. The topological polar surface area (TPSA) is 69.9 Å². The fourth-order valence-corrected chi connectivity index (χ4v) is 2.13. The predicted octanol–water partition coefficient (Wildman–Crippen LogP) is 3.51. The lowest BCUT2D eigenvalue weighted by molar-refractivity contribution is -0.138. The number of hydrogen-bond donors (Lipinski definition) is 2. The Morgan fingerprint density at radius 2 is 1.95 bits per heavy atom. The smallest absolute Gasteiger partial charge is 0.311 e. The van der Waals surface area contributed by atoms with E-state index >= 15 is 0 Å². The number of carboxylic acid groups (broad SMARTS) is 1. The van der Waals surface area contributed by atoms with E-state index in [2.05, 4.69) is 5.16 Å². The number of aliphatic carboxylic acids is 1. The van der Waals surface area contributed by atoms with Crippen LogP contribution in [0.1, 0.15) is 17.9 Å². The van der Waals surface area contributed by atoms with Gasteiger partial charge in [0.2, 0.25) is 0 Å². The highest BCUT2D eigenvalue weighted by Crippen LogP contribution is 2.27. The molecule has 2 rings (SSSR count). The Morgan fingerprint density at radius 3 is 2.52 bits per heavy atom. The largest absolute Gasteiger partial charge is 0.481 e. The number of hydrogen-bond acceptors (Lipinski definition) is 3. The maximum absolute atomic E-state index is 14.2. The highest BCUT2D eigenvalue weighted by Gasteiger charge is 2.20. The molecule has 0 radical (unpaired) electrons. The second kappa shape index (κ2) is 6.65. The molecule has 0 spiro atoms. The summed E-state index contributed by atoms with van der Waals surface area (Å²) in [6, 6.07) is 13.4. The van der Waals surface area contributed by atoms with Crippen molar-refractivity contribution in [1.82, 2.24) is 0 Å². The molecule has 0 aromatic heterocycles. The second-order valence-corrected chi connectivity index (χ2v) is 4.53. The van der Waals surface area contributed by atoms with Gasteiger partial charge in [-0.15, -0.1) is 5.16 Å². The van der Waals surface area contributed by atoms with Crippen LogP contribution in [0.2, 0.25) is 0 Å². The fraction of sp³-hybridized carbons (Fsp3) is 0.125. The van der Waals surface area contributed by atoms with Crippen LogP contribution in [0.15, 0.2) is 53.7 Å². The molecule has 0 aliphatic heterocycles. The molecule has 2 aromatic carbocycles. The van der Waals surface area contributed by atoms with Crippen molar-refractivity contribution in [3.8, 4) is 11.1 Å². The Balaban J connectivity index is 2.36. The molecule has 0 fully saturated rings. The third-order valence-electron chi connectivity index (χ3n) is 3.20. The van der Waals surface area contributed by atoms with Gasteiger partial charge in [0.05, 0.1) is 5.92 Å². The van der Waals surface area contributed by atoms with E-state index in [9.17, 15) is 9.18 Å². The van der Waals surface area contributed by atoms with E-state index in [0.29, 0.717) is 11.1 Å². The van der Waals surface area contributed by atoms with Crippen LogP contribution in [0.4, 0.5) is 4.39 Å². The standard InChI is InChI=1S/C16H14FNO3/c17-15-10-12(14(16(19)20)8-9-18-21)6-7-13(15)11-4-2-1-3-5-11/h1-7,9-10,14,21H,8H2,(H,19,20)/b18-9+. The summed E-state index contributed by atoms with van der Waals surface area (Å²) in [5.41, 5.74) is 1.48. The Bertz CT molecular complexity index is 656. The summed E-state index contributed by atoms with van der Waals surface area (Å²) >= 11 is 0. The van der Waals surface area contributed by atoms with Crippen molar-refractivity contribution in [2.24, 2.45) is 5.16 Å². The normalized spacial score (nSPS) is 12.4. The number of benzene rings is 2. The molecule has 5 heteroatoms. The lowest BCUT2D eigenvalue weighted by Gasteiger charge is -2.12. The van der Waals surface area contributed by atoms with E-state index in [1.165, 1.54) is 6.07 Å². The van der Waals surface area contributed by atoms with E-state index in [1.54, 1.807) is 36.4 Å². The van der Waals surface area contributed by atoms with Crippen LogP contribution in [0.5, 0.6) is 0 Å². The summed E-state index contributed by atoms with van der Waals surface area (Å²) in [6.45, 7) is 0. The van der Waals surface area contributed by atoms with Crippen LogP contribution in [-0.4, -0.2) is 22.5 Å². The second-order valence-electron chi connectivity index (χ2n) is 4.53. The third kappa shape index (κ3) is 3.45. The van der Waals surface area contributed by atoms with Crippen molar-refractivity contribution in [1.29, 1.82) is 0 Å². The van der Waals surface area contributed by atoms with Gasteiger partial charge in [-0.05, 0) is 17.2 Å². The molecule has 0 amide bonds. The van der Waals surface area contributed by atoms with Gasteiger partial charge in [0, 0.05) is 18.2 Å². The number of nitrogens with zero attached hydrogens (tertiary/aromatic N) is 1. The molecule has 108 valence electrons. The van der Waals surface area contributed by atoms with Crippen molar-refractivity contribution >= 4 is 12.2 Å². The number of oxime groups is 1. The SMILES string of the molecule is O=C(O)C(C/C=N/O)c1ccc(-c2ccccc2)c(F)c1. The molecule has 4 nitrogen and oxygen atoms in total. The Kier molecular flexibility index (Phi) is 4.66. The molecule has 0 heterocycles. The van der Waals surface area contributed by atoms with Gasteiger partial charge in [-0.3, -0.25) is 4.79 Å². The van der Waals surface area contributed by atoms with E-state index in [4.69, 9.17) is 10.3 Å². The zero-order valence-electron chi connectivity index (χ0n) is 11.1. The lowest BCUT2D eigenvalue weighted by Crippen LogP contribution is -2.12. The molecule has 21 heavy (non-hydrogen) atoms.